The molecule has 62 heavy (non-hydrogen) atoms. The number of likely N-dealkylation sites (tertiary alicyclic amines) is 1. The highest BCUT2D eigenvalue weighted by Crippen LogP contribution is 2.35. The third-order valence-electron chi connectivity index (χ3n) is 12.1. The fourth-order valence-corrected chi connectivity index (χ4v) is 8.98. The number of phenols is 1. The van der Waals surface area contributed by atoms with Crippen LogP contribution in [0.5, 0.6) is 5.75 Å². The number of aromatic hydroxyl groups is 1. The summed E-state index contributed by atoms with van der Waals surface area (Å²) >= 11 is 0. The summed E-state index contributed by atoms with van der Waals surface area (Å²) in [6.45, 7) is 7.21. The minimum Gasteiger partial charge on any atom is -0.508 e. The molecule has 3 N–H and O–H groups in total. The molecule has 3 aliphatic rings. The Kier molecular flexibility index (Phi) is 12.1. The number of para-hydroxylation sites is 1. The van der Waals surface area contributed by atoms with Gasteiger partial charge in [0, 0.05) is 87.9 Å². The second-order valence-corrected chi connectivity index (χ2v) is 16.2. The van der Waals surface area contributed by atoms with E-state index in [2.05, 4.69) is 22.2 Å². The molecule has 0 spiro atoms. The van der Waals surface area contributed by atoms with Crippen LogP contribution in [0.15, 0.2) is 110 Å². The minimum atomic E-state index is -0.928. The van der Waals surface area contributed by atoms with Gasteiger partial charge in [0.05, 0.1) is 18.6 Å². The first kappa shape index (κ1) is 41.7. The number of urea groups is 1. The molecule has 0 unspecified atom stereocenters. The third-order valence-corrected chi connectivity index (χ3v) is 12.1. The number of phenolic OH excluding ortho intramolecular Hbond substituents is 1. The van der Waals surface area contributed by atoms with Crippen molar-refractivity contribution in [2.24, 2.45) is 13.0 Å². The summed E-state index contributed by atoms with van der Waals surface area (Å²) in [5, 5.41) is 20.2. The lowest BCUT2D eigenvalue weighted by Gasteiger charge is -2.55. The predicted molar refractivity (Wildman–Crippen MR) is 234 cm³/mol. The molecule has 320 valence electrons. The number of carbonyl (C=O) groups excluding carboxylic acids is 5. The summed E-state index contributed by atoms with van der Waals surface area (Å²) in [6.07, 6.45) is 5.97. The molecule has 3 saturated heterocycles. The second-order valence-electron chi connectivity index (χ2n) is 16.2. The number of amides is 6. The molecule has 3 fully saturated rings. The molecule has 15 heteroatoms. The van der Waals surface area contributed by atoms with Gasteiger partial charge in [-0.05, 0) is 53.8 Å². The molecule has 0 radical (unpaired) electrons. The van der Waals surface area contributed by atoms with Crippen molar-refractivity contribution in [3.8, 4) is 16.9 Å². The lowest BCUT2D eigenvalue weighted by molar-refractivity contribution is -0.189. The van der Waals surface area contributed by atoms with Crippen molar-refractivity contribution < 1.29 is 29.1 Å². The fraction of sp³-hybridized carbons (Fsp3) is 0.319. The first-order valence-electron chi connectivity index (χ1n) is 20.9. The van der Waals surface area contributed by atoms with E-state index in [0.29, 0.717) is 31.7 Å². The van der Waals surface area contributed by atoms with Crippen molar-refractivity contribution in [2.45, 2.75) is 51.5 Å². The van der Waals surface area contributed by atoms with Crippen LogP contribution in [0.4, 0.5) is 10.6 Å². The maximum atomic E-state index is 14.8. The van der Waals surface area contributed by atoms with Gasteiger partial charge in [0.15, 0.2) is 0 Å². The molecule has 5 heterocycles. The maximum Gasteiger partial charge on any atom is 0.334 e. The van der Waals surface area contributed by atoms with Gasteiger partial charge in [-0.15, -0.1) is 6.58 Å². The van der Waals surface area contributed by atoms with Gasteiger partial charge in [-0.25, -0.2) is 19.8 Å². The van der Waals surface area contributed by atoms with Crippen LogP contribution >= 0.6 is 0 Å². The number of benzene rings is 3. The Balaban J connectivity index is 1.07. The lowest BCUT2D eigenvalue weighted by Crippen LogP contribution is -2.76. The highest BCUT2D eigenvalue weighted by atomic mass is 16.3. The molecule has 15 nitrogen and oxygen atoms in total. The normalized spacial score (nSPS) is 18.5. The van der Waals surface area contributed by atoms with E-state index in [0.717, 1.165) is 38.7 Å². The molecule has 2 aromatic heterocycles. The Morgan fingerprint density at radius 2 is 1.69 bits per heavy atom. The number of anilines is 1. The summed E-state index contributed by atoms with van der Waals surface area (Å²) in [6, 6.07) is 24.5. The van der Waals surface area contributed by atoms with Crippen molar-refractivity contribution in [2.75, 3.05) is 38.0 Å². The molecule has 2 atom stereocenters. The zero-order valence-electron chi connectivity index (χ0n) is 34.9. The number of pyridine rings is 1. The zero-order valence-corrected chi connectivity index (χ0v) is 34.9. The molecule has 3 aromatic carbocycles. The number of aryl methyl sites for hydroxylation is 1. The molecular weight excluding hydrogens is 787 g/mol. The van der Waals surface area contributed by atoms with Crippen LogP contribution in [0.3, 0.4) is 0 Å². The third kappa shape index (κ3) is 8.61. The summed E-state index contributed by atoms with van der Waals surface area (Å²) in [7, 11) is 1.95. The van der Waals surface area contributed by atoms with Crippen LogP contribution in [0, 0.1) is 5.92 Å². The highest BCUT2D eigenvalue weighted by molar-refractivity contribution is 5.99. The van der Waals surface area contributed by atoms with Gasteiger partial charge in [-0.1, -0.05) is 66.7 Å². The van der Waals surface area contributed by atoms with Crippen molar-refractivity contribution in [1.82, 2.24) is 39.6 Å². The topological polar surface area (TPSA) is 164 Å². The van der Waals surface area contributed by atoms with Crippen LogP contribution in [0.1, 0.15) is 36.5 Å². The van der Waals surface area contributed by atoms with E-state index in [1.54, 1.807) is 74.2 Å². The maximum absolute atomic E-state index is 14.8. The molecule has 3 aliphatic heterocycles. The number of piperazine rings is 1. The van der Waals surface area contributed by atoms with Crippen LogP contribution in [-0.2, 0) is 45.7 Å². The van der Waals surface area contributed by atoms with Crippen LogP contribution in [-0.4, -0.2) is 114 Å². The number of rotatable bonds is 11. The minimum absolute atomic E-state index is 0.0224. The zero-order chi connectivity index (χ0) is 43.5. The number of aromatic nitrogens is 2. The number of nitrogens with zero attached hydrogens (tertiary/aromatic N) is 7. The number of piperidine rings is 1. The van der Waals surface area contributed by atoms with E-state index in [4.69, 9.17) is 0 Å². The standard InChI is InChI=1S/C47H51N9O6/c1-4-21-54-30-43(59)55-40(24-32-13-16-37(58)17-14-32)46(61)53(29-42(55)56(54)47(62)49-25-33-9-6-5-7-10-33)27-36-11-8-12-38-39(28-51(3)44(36)38)35-15-18-41(48-26-35)50-45(60)34-19-22-52(23-20-34)31(2)57/h4-18,26,28,34,40,42,58H,1,19-25,27,29-30H2,2-3H3,(H,49,62)(H,48,50,60)/t40-,42-/m0/s1. The number of hydrogen-bond acceptors (Lipinski definition) is 8. The van der Waals surface area contributed by atoms with Crippen molar-refractivity contribution in [3.63, 3.8) is 0 Å². The average molecular weight is 838 g/mol. The summed E-state index contributed by atoms with van der Waals surface area (Å²) in [5.41, 5.74) is 5.23. The highest BCUT2D eigenvalue weighted by Gasteiger charge is 2.51. The average Bonchev–Trinajstić information content (AvgIpc) is 3.62. The smallest absolute Gasteiger partial charge is 0.334 e. The Bertz CT molecular complexity index is 2480. The van der Waals surface area contributed by atoms with E-state index >= 15 is 0 Å². The Morgan fingerprint density at radius 1 is 0.935 bits per heavy atom. The van der Waals surface area contributed by atoms with Gasteiger partial charge < -0.3 is 35.0 Å². The number of carbonyl (C=O) groups is 5. The second kappa shape index (κ2) is 17.9. The van der Waals surface area contributed by atoms with Gasteiger partial charge in [0.2, 0.25) is 23.6 Å². The Hall–Kier alpha value is -7.00. The molecule has 8 rings (SSSR count). The van der Waals surface area contributed by atoms with Gasteiger partial charge in [0.25, 0.3) is 0 Å². The molecule has 5 aromatic rings. The largest absolute Gasteiger partial charge is 0.508 e. The van der Waals surface area contributed by atoms with Gasteiger partial charge >= 0.3 is 6.03 Å². The monoisotopic (exact) mass is 837 g/mol. The molecule has 0 saturated carbocycles. The molecule has 0 aliphatic carbocycles. The SMILES string of the molecule is C=CCN1CC(=O)N2[C@@H](Cc3ccc(O)cc3)C(=O)N(Cc3cccc4c(-c5ccc(NC(=O)C6CCN(C(C)=O)CC6)nc5)cn(C)c34)C[C@@H]2N1C(=O)NCc1ccccc1. The van der Waals surface area contributed by atoms with E-state index in [1.807, 2.05) is 72.4 Å². The van der Waals surface area contributed by atoms with Crippen LogP contribution in [0.2, 0.25) is 0 Å². The van der Waals surface area contributed by atoms with Crippen LogP contribution in [0.25, 0.3) is 22.0 Å². The van der Waals surface area contributed by atoms with Gasteiger partial charge in [0.1, 0.15) is 23.8 Å². The summed E-state index contributed by atoms with van der Waals surface area (Å²) < 4.78 is 2.02. The molecular formula is C47H51N9O6. The van der Waals surface area contributed by atoms with E-state index in [9.17, 15) is 29.1 Å². The van der Waals surface area contributed by atoms with Crippen molar-refractivity contribution >= 4 is 46.4 Å². The van der Waals surface area contributed by atoms with E-state index < -0.39 is 18.2 Å². The van der Waals surface area contributed by atoms with Gasteiger partial charge in [-0.2, -0.15) is 0 Å². The molecule has 0 bridgehead atoms. The first-order valence-corrected chi connectivity index (χ1v) is 20.9. The molecule has 6 amide bonds. The number of fused-ring (bicyclic) bond motifs is 2. The quantitative estimate of drug-likeness (QED) is 0.159. The fourth-order valence-electron chi connectivity index (χ4n) is 8.98. The summed E-state index contributed by atoms with van der Waals surface area (Å²) in [5.74, 6) is -0.257. The number of hydrazine groups is 1. The Morgan fingerprint density at radius 3 is 2.39 bits per heavy atom. The first-order chi connectivity index (χ1) is 30.0. The summed E-state index contributed by atoms with van der Waals surface area (Å²) in [4.78, 5) is 77.5. The van der Waals surface area contributed by atoms with Gasteiger partial charge in [-0.3, -0.25) is 19.2 Å². The van der Waals surface area contributed by atoms with Crippen LogP contribution < -0.4 is 10.6 Å². The van der Waals surface area contributed by atoms with E-state index in [-0.39, 0.29) is 74.4 Å². The lowest BCUT2D eigenvalue weighted by atomic mass is 9.96. The number of nitrogens with one attached hydrogen (secondary N) is 2. The number of hydrogen-bond donors (Lipinski definition) is 3. The predicted octanol–water partition coefficient (Wildman–Crippen LogP) is 4.88. The van der Waals surface area contributed by atoms with Crippen molar-refractivity contribution in [3.05, 3.63) is 127 Å². The van der Waals surface area contributed by atoms with Crippen molar-refractivity contribution in [1.29, 1.82) is 0 Å². The van der Waals surface area contributed by atoms with E-state index in [1.165, 1.54) is 0 Å². The Labute approximate surface area is 360 Å².